The molecule has 114 valence electrons. The molecule has 1 unspecified atom stereocenters. The van der Waals surface area contributed by atoms with Gasteiger partial charge in [-0.25, -0.2) is 0 Å². The number of hydrogen-bond acceptors (Lipinski definition) is 4. The molecule has 0 aromatic carbocycles. The van der Waals surface area contributed by atoms with Crippen molar-refractivity contribution in [2.24, 2.45) is 7.05 Å². The highest BCUT2D eigenvalue weighted by molar-refractivity contribution is 5.25. The number of fused-ring (bicyclic) bond motifs is 1. The first kappa shape index (κ1) is 14.4. The molecule has 0 fully saturated rings. The Hall–Kier alpha value is -1.59. The summed E-state index contributed by atoms with van der Waals surface area (Å²) in [6, 6.07) is 4.08. The second-order valence-electron chi connectivity index (χ2n) is 5.72. The molecule has 1 atom stereocenters. The van der Waals surface area contributed by atoms with Crippen LogP contribution < -0.4 is 0 Å². The minimum Gasteiger partial charge on any atom is -0.465 e. The van der Waals surface area contributed by atoms with Crippen LogP contribution in [-0.4, -0.2) is 34.4 Å². The van der Waals surface area contributed by atoms with Gasteiger partial charge in [-0.3, -0.25) is 9.58 Å². The number of aryl methyl sites for hydroxylation is 2. The van der Waals surface area contributed by atoms with Gasteiger partial charge in [-0.1, -0.05) is 0 Å². The lowest BCUT2D eigenvalue weighted by Gasteiger charge is -2.32. The van der Waals surface area contributed by atoms with Crippen LogP contribution in [0.2, 0.25) is 0 Å². The maximum absolute atomic E-state index is 5.70. The van der Waals surface area contributed by atoms with Crippen molar-refractivity contribution < 1.29 is 9.15 Å². The van der Waals surface area contributed by atoms with Crippen molar-refractivity contribution in [3.05, 3.63) is 41.1 Å². The van der Waals surface area contributed by atoms with Gasteiger partial charge in [0.05, 0.1) is 19.3 Å². The third kappa shape index (κ3) is 3.04. The Balaban J connectivity index is 1.76. The predicted octanol–water partition coefficient (Wildman–Crippen LogP) is 2.46. The summed E-state index contributed by atoms with van der Waals surface area (Å²) in [5, 5.41) is 4.41. The van der Waals surface area contributed by atoms with Crippen molar-refractivity contribution >= 4 is 0 Å². The third-order valence-electron chi connectivity index (χ3n) is 4.02. The van der Waals surface area contributed by atoms with Crippen molar-refractivity contribution in [3.8, 4) is 0 Å². The molecule has 0 saturated heterocycles. The number of hydrogen-bond donors (Lipinski definition) is 0. The van der Waals surface area contributed by atoms with Gasteiger partial charge in [0.25, 0.3) is 0 Å². The maximum atomic E-state index is 5.70. The van der Waals surface area contributed by atoms with E-state index in [4.69, 9.17) is 9.15 Å². The van der Waals surface area contributed by atoms with E-state index in [1.54, 1.807) is 0 Å². The van der Waals surface area contributed by atoms with Crippen LogP contribution in [0.1, 0.15) is 35.6 Å². The van der Waals surface area contributed by atoms with Crippen molar-refractivity contribution in [1.29, 1.82) is 0 Å². The highest BCUT2D eigenvalue weighted by Gasteiger charge is 2.29. The van der Waals surface area contributed by atoms with Gasteiger partial charge in [0.15, 0.2) is 0 Å². The van der Waals surface area contributed by atoms with E-state index in [1.165, 1.54) is 11.3 Å². The molecule has 0 spiro atoms. The van der Waals surface area contributed by atoms with E-state index in [-0.39, 0.29) is 0 Å². The summed E-state index contributed by atoms with van der Waals surface area (Å²) in [5.41, 5.74) is 2.62. The van der Waals surface area contributed by atoms with Gasteiger partial charge in [0.1, 0.15) is 11.5 Å². The molecule has 3 heterocycles. The third-order valence-corrected chi connectivity index (χ3v) is 4.02. The van der Waals surface area contributed by atoms with Crippen LogP contribution >= 0.6 is 0 Å². The largest absolute Gasteiger partial charge is 0.465 e. The molecule has 5 nitrogen and oxygen atoms in total. The monoisotopic (exact) mass is 289 g/mol. The van der Waals surface area contributed by atoms with E-state index in [0.29, 0.717) is 5.92 Å². The van der Waals surface area contributed by atoms with Crippen LogP contribution in [0.3, 0.4) is 0 Å². The fourth-order valence-electron chi connectivity index (χ4n) is 3.15. The van der Waals surface area contributed by atoms with Gasteiger partial charge in [-0.15, -0.1) is 0 Å². The van der Waals surface area contributed by atoms with E-state index >= 15 is 0 Å². The number of ether oxygens (including phenoxy) is 1. The topological polar surface area (TPSA) is 43.4 Å². The lowest BCUT2D eigenvalue weighted by atomic mass is 9.97. The highest BCUT2D eigenvalue weighted by atomic mass is 16.5. The summed E-state index contributed by atoms with van der Waals surface area (Å²) in [5.74, 6) is 2.36. The second kappa shape index (κ2) is 6.03. The van der Waals surface area contributed by atoms with Gasteiger partial charge in [0, 0.05) is 43.9 Å². The zero-order chi connectivity index (χ0) is 14.8. The molecule has 1 aliphatic heterocycles. The molecule has 0 bridgehead atoms. The molecule has 5 heteroatoms. The summed E-state index contributed by atoms with van der Waals surface area (Å²) in [4.78, 5) is 2.41. The van der Waals surface area contributed by atoms with Crippen LogP contribution in [0.25, 0.3) is 0 Å². The molecular weight excluding hydrogens is 266 g/mol. The fraction of sp³-hybridized carbons (Fsp3) is 0.562. The molecule has 0 aliphatic carbocycles. The minimum absolute atomic E-state index is 0.372. The summed E-state index contributed by atoms with van der Waals surface area (Å²) in [7, 11) is 2.02. The molecule has 0 saturated carbocycles. The van der Waals surface area contributed by atoms with Crippen molar-refractivity contribution in [3.63, 3.8) is 0 Å². The van der Waals surface area contributed by atoms with Gasteiger partial charge in [0.2, 0.25) is 0 Å². The minimum atomic E-state index is 0.372. The number of nitrogens with zero attached hydrogens (tertiary/aromatic N) is 3. The first-order valence-electron chi connectivity index (χ1n) is 7.53. The summed E-state index contributed by atoms with van der Waals surface area (Å²) in [6.45, 7) is 8.26. The average molecular weight is 289 g/mol. The van der Waals surface area contributed by atoms with Gasteiger partial charge in [-0.2, -0.15) is 5.10 Å². The Labute approximate surface area is 125 Å². The Morgan fingerprint density at radius 2 is 2.29 bits per heavy atom. The van der Waals surface area contributed by atoms with E-state index in [0.717, 1.165) is 44.4 Å². The van der Waals surface area contributed by atoms with E-state index in [1.807, 2.05) is 37.8 Å². The first-order valence-corrected chi connectivity index (χ1v) is 7.53. The van der Waals surface area contributed by atoms with E-state index < -0.39 is 0 Å². The van der Waals surface area contributed by atoms with Crippen molar-refractivity contribution in [1.82, 2.24) is 14.7 Å². The predicted molar refractivity (Wildman–Crippen MR) is 80.0 cm³/mol. The standard InChI is InChI=1S/C16H23N3O2/c1-4-20-11-14-9-19(10-15-6-5-12(2)21-15)8-13-7-17-18(3)16(13)14/h5-7,14H,4,8-11H2,1-3H3. The number of rotatable bonds is 5. The SMILES string of the molecule is CCOCC1CN(Cc2ccc(C)o2)Cc2cnn(C)c21. The molecule has 1 aliphatic rings. The smallest absolute Gasteiger partial charge is 0.118 e. The highest BCUT2D eigenvalue weighted by Crippen LogP contribution is 2.29. The van der Waals surface area contributed by atoms with Crippen LogP contribution in [-0.2, 0) is 24.9 Å². The Bertz CT molecular complexity index is 602. The quantitative estimate of drug-likeness (QED) is 0.848. The molecule has 0 amide bonds. The molecule has 21 heavy (non-hydrogen) atoms. The van der Waals surface area contributed by atoms with Crippen LogP contribution in [0.4, 0.5) is 0 Å². The number of aromatic nitrogens is 2. The summed E-state index contributed by atoms with van der Waals surface area (Å²) in [6.07, 6.45) is 1.98. The number of furan rings is 1. The second-order valence-corrected chi connectivity index (χ2v) is 5.72. The molecule has 0 radical (unpaired) electrons. The molecule has 0 N–H and O–H groups in total. The maximum Gasteiger partial charge on any atom is 0.118 e. The van der Waals surface area contributed by atoms with E-state index in [9.17, 15) is 0 Å². The zero-order valence-electron chi connectivity index (χ0n) is 13.0. The Kier molecular flexibility index (Phi) is 4.12. The summed E-state index contributed by atoms with van der Waals surface area (Å²) >= 11 is 0. The van der Waals surface area contributed by atoms with Gasteiger partial charge < -0.3 is 9.15 Å². The Morgan fingerprint density at radius 1 is 1.43 bits per heavy atom. The molecule has 3 rings (SSSR count). The fourth-order valence-corrected chi connectivity index (χ4v) is 3.15. The lowest BCUT2D eigenvalue weighted by molar-refractivity contribution is 0.100. The molecule has 2 aromatic heterocycles. The normalized spacial score (nSPS) is 18.9. The first-order chi connectivity index (χ1) is 10.2. The summed E-state index contributed by atoms with van der Waals surface area (Å²) < 4.78 is 13.4. The van der Waals surface area contributed by atoms with Crippen LogP contribution in [0.15, 0.2) is 22.7 Å². The lowest BCUT2D eigenvalue weighted by Crippen LogP contribution is -2.35. The van der Waals surface area contributed by atoms with E-state index in [2.05, 4.69) is 16.1 Å². The van der Waals surface area contributed by atoms with Gasteiger partial charge in [-0.05, 0) is 26.0 Å². The van der Waals surface area contributed by atoms with Gasteiger partial charge >= 0.3 is 0 Å². The average Bonchev–Trinajstić information content (AvgIpc) is 3.03. The molecule has 2 aromatic rings. The zero-order valence-corrected chi connectivity index (χ0v) is 13.0. The van der Waals surface area contributed by atoms with Crippen LogP contribution in [0, 0.1) is 6.92 Å². The van der Waals surface area contributed by atoms with Crippen LogP contribution in [0.5, 0.6) is 0 Å². The molecular formula is C16H23N3O2. The van der Waals surface area contributed by atoms with Crippen molar-refractivity contribution in [2.75, 3.05) is 19.8 Å². The Morgan fingerprint density at radius 3 is 3.00 bits per heavy atom. The van der Waals surface area contributed by atoms with Crippen molar-refractivity contribution in [2.45, 2.75) is 32.9 Å².